The van der Waals surface area contributed by atoms with Gasteiger partial charge in [0.15, 0.2) is 0 Å². The Hall–Kier alpha value is -1.86. The van der Waals surface area contributed by atoms with Crippen LogP contribution < -0.4 is 9.57 Å². The summed E-state index contributed by atoms with van der Waals surface area (Å²) in [6, 6.07) is 10.0. The van der Waals surface area contributed by atoms with Crippen molar-refractivity contribution in [3.05, 3.63) is 46.2 Å². The monoisotopic (exact) mass is 324 g/mol. The van der Waals surface area contributed by atoms with Crippen LogP contribution in [-0.4, -0.2) is 21.2 Å². The molecule has 1 aromatic heterocycles. The van der Waals surface area contributed by atoms with E-state index in [-0.39, 0.29) is 4.90 Å². The number of hydrogen-bond acceptors (Lipinski definition) is 5. The minimum atomic E-state index is -3.65. The number of rotatable bonds is 6. The number of benzene rings is 1. The summed E-state index contributed by atoms with van der Waals surface area (Å²) in [5.74, 6) is 0.633. The first kappa shape index (κ1) is 15.5. The molecule has 5 nitrogen and oxygen atoms in total. The Labute approximate surface area is 128 Å². The van der Waals surface area contributed by atoms with Crippen LogP contribution in [-0.2, 0) is 10.0 Å². The van der Waals surface area contributed by atoms with Crippen LogP contribution in [0.1, 0.15) is 16.7 Å². The summed E-state index contributed by atoms with van der Waals surface area (Å²) in [5.41, 5.74) is 0. The third-order valence-corrected chi connectivity index (χ3v) is 4.74. The van der Waals surface area contributed by atoms with E-state index in [1.165, 1.54) is 18.3 Å². The molecule has 1 aromatic carbocycles. The largest absolute Gasteiger partial charge is 0.494 e. The second kappa shape index (κ2) is 6.73. The Bertz CT molecular complexity index is 719. The normalized spacial score (nSPS) is 11.7. The van der Waals surface area contributed by atoms with Crippen LogP contribution >= 0.6 is 11.3 Å². The maximum absolute atomic E-state index is 12.0. The molecular weight excluding hydrogens is 308 g/mol. The molecule has 0 radical (unpaired) electrons. The van der Waals surface area contributed by atoms with E-state index in [4.69, 9.17) is 4.74 Å². The summed E-state index contributed by atoms with van der Waals surface area (Å²) in [6.45, 7) is 4.38. The number of nitrogens with one attached hydrogen (secondary N) is 1. The first-order valence-corrected chi connectivity index (χ1v) is 8.65. The average molecular weight is 324 g/mol. The molecule has 0 amide bonds. The van der Waals surface area contributed by atoms with Crippen molar-refractivity contribution in [2.75, 3.05) is 6.61 Å². The van der Waals surface area contributed by atoms with Gasteiger partial charge in [-0.25, -0.2) is 4.83 Å². The molecule has 112 valence electrons. The molecule has 0 bridgehead atoms. The second-order valence-electron chi connectivity index (χ2n) is 4.21. The van der Waals surface area contributed by atoms with Gasteiger partial charge < -0.3 is 4.74 Å². The molecule has 0 spiro atoms. The fourth-order valence-corrected chi connectivity index (χ4v) is 3.16. The van der Waals surface area contributed by atoms with Gasteiger partial charge in [-0.15, -0.1) is 11.3 Å². The Morgan fingerprint density at radius 2 is 1.95 bits per heavy atom. The molecule has 1 heterocycles. The molecule has 0 fully saturated rings. The molecule has 0 aliphatic heterocycles. The number of sulfonamides is 1. The summed E-state index contributed by atoms with van der Waals surface area (Å²) in [7, 11) is -3.65. The lowest BCUT2D eigenvalue weighted by Gasteiger charge is -2.05. The molecule has 21 heavy (non-hydrogen) atoms. The molecule has 0 saturated carbocycles. The van der Waals surface area contributed by atoms with Crippen LogP contribution in [0.5, 0.6) is 5.75 Å². The molecular formula is C14H16N2O3S2. The zero-order valence-corrected chi connectivity index (χ0v) is 13.4. The van der Waals surface area contributed by atoms with Crippen LogP contribution in [0.3, 0.4) is 0 Å². The molecule has 0 unspecified atom stereocenters. The van der Waals surface area contributed by atoms with Crippen molar-refractivity contribution in [2.45, 2.75) is 18.7 Å². The van der Waals surface area contributed by atoms with Gasteiger partial charge in [-0.2, -0.15) is 13.5 Å². The average Bonchev–Trinajstić information content (AvgIpc) is 2.85. The Balaban J connectivity index is 2.05. The van der Waals surface area contributed by atoms with E-state index < -0.39 is 10.0 Å². The summed E-state index contributed by atoms with van der Waals surface area (Å²) >= 11 is 1.54. The zero-order valence-electron chi connectivity index (χ0n) is 11.7. The van der Waals surface area contributed by atoms with Gasteiger partial charge in [-0.3, -0.25) is 0 Å². The summed E-state index contributed by atoms with van der Waals surface area (Å²) in [4.78, 5) is 4.37. The fraction of sp³-hybridized carbons (Fsp3) is 0.214. The molecule has 0 saturated heterocycles. The predicted molar refractivity (Wildman–Crippen MR) is 84.6 cm³/mol. The molecule has 0 aliphatic rings. The summed E-state index contributed by atoms with van der Waals surface area (Å²) in [6.07, 6.45) is 1.49. The highest BCUT2D eigenvalue weighted by atomic mass is 32.2. The van der Waals surface area contributed by atoms with E-state index in [0.717, 1.165) is 9.75 Å². The fourth-order valence-electron chi connectivity index (χ4n) is 1.62. The first-order chi connectivity index (χ1) is 10.0. The van der Waals surface area contributed by atoms with Crippen LogP contribution in [0.25, 0.3) is 0 Å². The number of hydrogen-bond donors (Lipinski definition) is 1. The van der Waals surface area contributed by atoms with E-state index >= 15 is 0 Å². The van der Waals surface area contributed by atoms with E-state index in [1.807, 2.05) is 26.0 Å². The quantitative estimate of drug-likeness (QED) is 0.656. The Morgan fingerprint density at radius 3 is 2.52 bits per heavy atom. The van der Waals surface area contributed by atoms with Crippen molar-refractivity contribution in [1.82, 2.24) is 4.83 Å². The molecule has 2 rings (SSSR count). The highest BCUT2D eigenvalue weighted by Gasteiger charge is 2.12. The van der Waals surface area contributed by atoms with Gasteiger partial charge in [-0.05, 0) is 50.2 Å². The van der Waals surface area contributed by atoms with Crippen molar-refractivity contribution in [1.29, 1.82) is 0 Å². The number of ether oxygens (including phenoxy) is 1. The van der Waals surface area contributed by atoms with E-state index in [0.29, 0.717) is 12.4 Å². The van der Waals surface area contributed by atoms with Crippen LogP contribution in [0.15, 0.2) is 46.4 Å². The van der Waals surface area contributed by atoms with Gasteiger partial charge in [-0.1, -0.05) is 0 Å². The molecule has 0 atom stereocenters. The first-order valence-electron chi connectivity index (χ1n) is 6.35. The lowest BCUT2D eigenvalue weighted by molar-refractivity contribution is 0.340. The summed E-state index contributed by atoms with van der Waals surface area (Å²) < 4.78 is 29.3. The number of thiophene rings is 1. The van der Waals surface area contributed by atoms with Gasteiger partial charge in [0.25, 0.3) is 10.0 Å². The lowest BCUT2D eigenvalue weighted by Crippen LogP contribution is -2.18. The molecule has 2 aromatic rings. The Kier molecular flexibility index (Phi) is 4.98. The zero-order chi connectivity index (χ0) is 15.3. The predicted octanol–water partition coefficient (Wildman–Crippen LogP) is 2.77. The molecule has 1 N–H and O–H groups in total. The molecule has 0 aliphatic carbocycles. The SMILES string of the molecule is CCOc1ccc(S(=O)(=O)NN=Cc2ccc(C)s2)cc1. The minimum absolute atomic E-state index is 0.144. The minimum Gasteiger partial charge on any atom is -0.494 e. The highest BCUT2D eigenvalue weighted by molar-refractivity contribution is 7.89. The second-order valence-corrected chi connectivity index (χ2v) is 7.19. The van der Waals surface area contributed by atoms with Crippen LogP contribution in [0.4, 0.5) is 0 Å². The van der Waals surface area contributed by atoms with Gasteiger partial charge in [0, 0.05) is 9.75 Å². The maximum atomic E-state index is 12.0. The van der Waals surface area contributed by atoms with Gasteiger partial charge in [0.05, 0.1) is 17.7 Å². The van der Waals surface area contributed by atoms with Crippen molar-refractivity contribution in [2.24, 2.45) is 5.10 Å². The van der Waals surface area contributed by atoms with Gasteiger partial charge in [0.2, 0.25) is 0 Å². The standard InChI is InChI=1S/C14H16N2O3S2/c1-3-19-12-5-8-14(9-6-12)21(17,18)16-15-10-13-7-4-11(2)20-13/h4-10,16H,3H2,1-2H3. The van der Waals surface area contributed by atoms with Crippen LogP contribution in [0, 0.1) is 6.92 Å². The number of aryl methyl sites for hydroxylation is 1. The smallest absolute Gasteiger partial charge is 0.276 e. The lowest BCUT2D eigenvalue weighted by atomic mass is 10.3. The van der Waals surface area contributed by atoms with Crippen molar-refractivity contribution in [3.8, 4) is 5.75 Å². The highest BCUT2D eigenvalue weighted by Crippen LogP contribution is 2.16. The topological polar surface area (TPSA) is 67.8 Å². The maximum Gasteiger partial charge on any atom is 0.276 e. The number of hydrazone groups is 1. The van der Waals surface area contributed by atoms with Gasteiger partial charge in [0.1, 0.15) is 5.75 Å². The van der Waals surface area contributed by atoms with Gasteiger partial charge >= 0.3 is 0 Å². The van der Waals surface area contributed by atoms with Crippen LogP contribution in [0.2, 0.25) is 0 Å². The van der Waals surface area contributed by atoms with Crippen molar-refractivity contribution < 1.29 is 13.2 Å². The van der Waals surface area contributed by atoms with Crippen molar-refractivity contribution >= 4 is 27.6 Å². The Morgan fingerprint density at radius 1 is 1.24 bits per heavy atom. The third-order valence-electron chi connectivity index (χ3n) is 2.57. The number of nitrogens with zero attached hydrogens (tertiary/aromatic N) is 1. The van der Waals surface area contributed by atoms with E-state index in [2.05, 4.69) is 9.93 Å². The van der Waals surface area contributed by atoms with E-state index in [1.54, 1.807) is 23.5 Å². The summed E-state index contributed by atoms with van der Waals surface area (Å²) in [5, 5.41) is 3.78. The van der Waals surface area contributed by atoms with Crippen molar-refractivity contribution in [3.63, 3.8) is 0 Å². The third kappa shape index (κ3) is 4.30. The van der Waals surface area contributed by atoms with E-state index in [9.17, 15) is 8.42 Å². The molecule has 7 heteroatoms.